The lowest BCUT2D eigenvalue weighted by Gasteiger charge is -2.30. The van der Waals surface area contributed by atoms with Crippen LogP contribution in [-0.2, 0) is 30.4 Å². The fraction of sp³-hybridized carbons (Fsp3) is 0.694. The number of carbonyl (C=O) groups excluding carboxylic acids is 5. The van der Waals surface area contributed by atoms with E-state index in [2.05, 4.69) is 26.6 Å². The molecule has 5 atom stereocenters. The Kier molecular flexibility index (Phi) is 18.9. The maximum Gasteiger partial charge on any atom is 0.243 e. The summed E-state index contributed by atoms with van der Waals surface area (Å²) in [6.45, 7) is 16.9. The van der Waals surface area contributed by atoms with Crippen LogP contribution in [0.2, 0.25) is 0 Å². The van der Waals surface area contributed by atoms with Crippen molar-refractivity contribution in [3.05, 3.63) is 35.9 Å². The predicted molar refractivity (Wildman–Crippen MR) is 185 cm³/mol. The van der Waals surface area contributed by atoms with E-state index in [4.69, 9.17) is 0 Å². The van der Waals surface area contributed by atoms with Gasteiger partial charge in [0, 0.05) is 12.0 Å². The summed E-state index contributed by atoms with van der Waals surface area (Å²) in [5.41, 5.74) is 0.837. The summed E-state index contributed by atoms with van der Waals surface area (Å²) in [6, 6.07) is 5.90. The molecule has 0 unspecified atom stereocenters. The second kappa shape index (κ2) is 21.4. The van der Waals surface area contributed by atoms with Gasteiger partial charge < -0.3 is 31.7 Å². The van der Waals surface area contributed by atoms with Crippen molar-refractivity contribution in [3.8, 4) is 0 Å². The molecule has 47 heavy (non-hydrogen) atoms. The highest BCUT2D eigenvalue weighted by molar-refractivity contribution is 5.92. The van der Waals surface area contributed by atoms with Gasteiger partial charge in [-0.3, -0.25) is 24.0 Å². The van der Waals surface area contributed by atoms with Gasteiger partial charge in [0.2, 0.25) is 29.5 Å². The first-order chi connectivity index (χ1) is 22.1. The van der Waals surface area contributed by atoms with Crippen LogP contribution >= 0.6 is 0 Å². The maximum atomic E-state index is 13.7. The van der Waals surface area contributed by atoms with E-state index in [0.717, 1.165) is 18.4 Å². The molecule has 0 bridgehead atoms. The summed E-state index contributed by atoms with van der Waals surface area (Å²) in [5, 5.41) is 25.6. The molecule has 1 rings (SSSR count). The normalized spacial score (nSPS) is 14.7. The van der Waals surface area contributed by atoms with Crippen LogP contribution in [-0.4, -0.2) is 71.0 Å². The van der Waals surface area contributed by atoms with E-state index in [9.17, 15) is 29.1 Å². The van der Waals surface area contributed by atoms with Gasteiger partial charge >= 0.3 is 0 Å². The van der Waals surface area contributed by atoms with Gasteiger partial charge in [0.05, 0.1) is 18.6 Å². The second-order valence-corrected chi connectivity index (χ2v) is 13.6. The third-order valence-electron chi connectivity index (χ3n) is 8.16. The molecule has 0 aliphatic rings. The molecule has 0 spiro atoms. The zero-order valence-corrected chi connectivity index (χ0v) is 30.0. The van der Waals surface area contributed by atoms with Crippen molar-refractivity contribution in [2.24, 2.45) is 17.8 Å². The van der Waals surface area contributed by atoms with Gasteiger partial charge in [-0.1, -0.05) is 99.1 Å². The highest BCUT2D eigenvalue weighted by Crippen LogP contribution is 2.13. The summed E-state index contributed by atoms with van der Waals surface area (Å²) < 4.78 is 0. The first-order valence-corrected chi connectivity index (χ1v) is 17.4. The van der Waals surface area contributed by atoms with Crippen LogP contribution in [0.1, 0.15) is 106 Å². The Morgan fingerprint density at radius 1 is 0.702 bits per heavy atom. The number of rotatable bonds is 21. The van der Waals surface area contributed by atoms with Crippen LogP contribution in [0.15, 0.2) is 30.3 Å². The Hall–Kier alpha value is -3.47. The van der Waals surface area contributed by atoms with E-state index < -0.39 is 48.0 Å². The van der Waals surface area contributed by atoms with Crippen LogP contribution in [0.4, 0.5) is 0 Å². The number of nitrogens with one attached hydrogen (secondary N) is 5. The topological polar surface area (TPSA) is 166 Å². The first kappa shape index (κ1) is 41.6. The van der Waals surface area contributed by atoms with Gasteiger partial charge in [-0.05, 0) is 49.5 Å². The molecule has 0 saturated heterocycles. The molecule has 5 amide bonds. The molecular formula is C36H61N5O6. The monoisotopic (exact) mass is 659 g/mol. The number of aliphatic hydroxyl groups excluding tert-OH is 1. The van der Waals surface area contributed by atoms with E-state index in [1.54, 1.807) is 27.7 Å². The number of amides is 5. The Bertz CT molecular complexity index is 1120. The van der Waals surface area contributed by atoms with Crippen LogP contribution in [0.3, 0.4) is 0 Å². The van der Waals surface area contributed by atoms with Crippen LogP contribution in [0.5, 0.6) is 0 Å². The largest absolute Gasteiger partial charge is 0.390 e. The molecule has 0 saturated carbocycles. The quantitative estimate of drug-likeness (QED) is 0.118. The van der Waals surface area contributed by atoms with Gasteiger partial charge in [-0.25, -0.2) is 0 Å². The van der Waals surface area contributed by atoms with Crippen molar-refractivity contribution >= 4 is 29.5 Å². The first-order valence-electron chi connectivity index (χ1n) is 17.4. The molecule has 11 heteroatoms. The van der Waals surface area contributed by atoms with Gasteiger partial charge in [0.25, 0.3) is 0 Å². The Balaban J connectivity index is 3.16. The summed E-state index contributed by atoms with van der Waals surface area (Å²) >= 11 is 0. The minimum absolute atomic E-state index is 0.0105. The molecule has 0 radical (unpaired) electrons. The maximum absolute atomic E-state index is 13.7. The van der Waals surface area contributed by atoms with Gasteiger partial charge in [-0.15, -0.1) is 0 Å². The van der Waals surface area contributed by atoms with Crippen LogP contribution in [0, 0.1) is 17.8 Å². The molecule has 0 aromatic heterocycles. The molecule has 1 aromatic rings. The van der Waals surface area contributed by atoms with Crippen LogP contribution in [0.25, 0.3) is 0 Å². The smallest absolute Gasteiger partial charge is 0.243 e. The Morgan fingerprint density at radius 3 is 1.81 bits per heavy atom. The Labute approximate surface area is 282 Å². The molecule has 1 aromatic carbocycles. The van der Waals surface area contributed by atoms with Gasteiger partial charge in [0.1, 0.15) is 18.1 Å². The van der Waals surface area contributed by atoms with Crippen molar-refractivity contribution in [1.29, 1.82) is 0 Å². The van der Waals surface area contributed by atoms with E-state index in [1.165, 1.54) is 0 Å². The fourth-order valence-electron chi connectivity index (χ4n) is 5.19. The van der Waals surface area contributed by atoms with E-state index in [1.807, 2.05) is 65.0 Å². The fourth-order valence-corrected chi connectivity index (χ4v) is 5.19. The minimum Gasteiger partial charge on any atom is -0.390 e. The number of carbonyl (C=O) groups is 5. The van der Waals surface area contributed by atoms with E-state index >= 15 is 0 Å². The van der Waals surface area contributed by atoms with Gasteiger partial charge in [0.15, 0.2) is 0 Å². The molecule has 0 fully saturated rings. The average Bonchev–Trinajstić information content (AvgIpc) is 3.01. The molecule has 0 aliphatic carbocycles. The van der Waals surface area contributed by atoms with Crippen molar-refractivity contribution in [2.45, 2.75) is 144 Å². The predicted octanol–water partition coefficient (Wildman–Crippen LogP) is 3.38. The molecule has 6 N–H and O–H groups in total. The van der Waals surface area contributed by atoms with Gasteiger partial charge in [-0.2, -0.15) is 0 Å². The van der Waals surface area contributed by atoms with Crippen LogP contribution < -0.4 is 26.6 Å². The van der Waals surface area contributed by atoms with E-state index in [0.29, 0.717) is 19.3 Å². The number of hydrogen-bond acceptors (Lipinski definition) is 6. The zero-order valence-electron chi connectivity index (χ0n) is 30.0. The third-order valence-corrected chi connectivity index (χ3v) is 8.16. The number of hydrogen-bond donors (Lipinski definition) is 6. The Morgan fingerprint density at radius 2 is 1.30 bits per heavy atom. The highest BCUT2D eigenvalue weighted by atomic mass is 16.3. The van der Waals surface area contributed by atoms with Crippen molar-refractivity contribution < 1.29 is 29.1 Å². The second-order valence-electron chi connectivity index (χ2n) is 13.6. The van der Waals surface area contributed by atoms with Crippen molar-refractivity contribution in [1.82, 2.24) is 26.6 Å². The standard InChI is InChI=1S/C36H61N5O6/c1-10-16-27(34(45)37-26(11-2)12-3)38-31(43)21-30(42)28(20-25-17-14-13-15-18-25)39-36(47)32(23(6)7)41-35(46)29(19-22(4)5)40-33(44)24(8)9/h13-15,17-18,22-24,26-30,32,42H,10-12,16,19-21H2,1-9H3,(H,37,45)(H,38,43)(H,39,47)(H,40,44)(H,41,46)/t27-,28-,29-,30-,32-/m0/s1. The molecule has 266 valence electrons. The lowest BCUT2D eigenvalue weighted by molar-refractivity contribution is -0.134. The summed E-state index contributed by atoms with van der Waals surface area (Å²) in [4.78, 5) is 65.6. The summed E-state index contributed by atoms with van der Waals surface area (Å²) in [7, 11) is 0. The van der Waals surface area contributed by atoms with Crippen molar-refractivity contribution in [2.75, 3.05) is 0 Å². The third kappa shape index (κ3) is 15.3. The number of aliphatic hydroxyl groups is 1. The molecule has 0 aliphatic heterocycles. The number of benzene rings is 1. The SMILES string of the molecule is CCC[C@H](NC(=O)C[C@H](O)[C@H](Cc1ccccc1)NC(=O)[C@@H](NC(=O)[C@H](CC(C)C)NC(=O)C(C)C)C(C)C)C(=O)NC(CC)CC. The lowest BCUT2D eigenvalue weighted by atomic mass is 9.96. The van der Waals surface area contributed by atoms with E-state index in [-0.39, 0.29) is 48.5 Å². The summed E-state index contributed by atoms with van der Waals surface area (Å²) in [6.07, 6.45) is 1.68. The van der Waals surface area contributed by atoms with Crippen molar-refractivity contribution in [3.63, 3.8) is 0 Å². The average molecular weight is 660 g/mol. The highest BCUT2D eigenvalue weighted by Gasteiger charge is 2.33. The lowest BCUT2D eigenvalue weighted by Crippen LogP contribution is -2.58. The summed E-state index contributed by atoms with van der Waals surface area (Å²) in [5.74, 6) is -2.51. The molecule has 0 heterocycles. The minimum atomic E-state index is -1.29. The molecular weight excluding hydrogens is 598 g/mol. The molecule has 11 nitrogen and oxygen atoms in total. The zero-order chi connectivity index (χ0) is 35.7.